The average Bonchev–Trinajstić information content (AvgIpc) is 2.70. The molecule has 0 aromatic heterocycles. The lowest BCUT2D eigenvalue weighted by molar-refractivity contribution is 0.287. The lowest BCUT2D eigenvalue weighted by atomic mass is 10.1. The molecule has 0 N–H and O–H groups in total. The maximum Gasteiger partial charge on any atom is 0.188 e. The molecule has 0 amide bonds. The van der Waals surface area contributed by atoms with Crippen molar-refractivity contribution in [1.82, 2.24) is 0 Å². The third kappa shape index (κ3) is 2.97. The first kappa shape index (κ1) is 11.9. The van der Waals surface area contributed by atoms with E-state index in [4.69, 9.17) is 4.74 Å². The Kier molecular flexibility index (Phi) is 3.84. The van der Waals surface area contributed by atoms with E-state index in [0.29, 0.717) is 12.0 Å². The fourth-order valence-electron chi connectivity index (χ4n) is 1.66. The van der Waals surface area contributed by atoms with Gasteiger partial charge in [0.25, 0.3) is 0 Å². The van der Waals surface area contributed by atoms with E-state index in [9.17, 15) is 0 Å². The summed E-state index contributed by atoms with van der Waals surface area (Å²) in [5, 5.41) is 0. The fraction of sp³-hybridized carbons (Fsp3) is 0.462. The van der Waals surface area contributed by atoms with Crippen molar-refractivity contribution in [2.45, 2.75) is 26.3 Å². The number of aliphatic imine (C=N–C) groups is 1. The minimum atomic E-state index is 0.346. The number of rotatable bonds is 3. The highest BCUT2D eigenvalue weighted by Crippen LogP contribution is 2.16. The van der Waals surface area contributed by atoms with E-state index in [1.165, 1.54) is 9.13 Å². The molecule has 0 radical (unpaired) electrons. The minimum absolute atomic E-state index is 0.346. The average molecular weight is 329 g/mol. The molecule has 0 spiro atoms. The molecular weight excluding hydrogens is 313 g/mol. The van der Waals surface area contributed by atoms with Crippen LogP contribution in [0.3, 0.4) is 0 Å². The normalized spacial score (nSPS) is 19.8. The van der Waals surface area contributed by atoms with E-state index < -0.39 is 0 Å². The lowest BCUT2D eigenvalue weighted by Crippen LogP contribution is -2.13. The first-order valence-electron chi connectivity index (χ1n) is 5.59. The molecule has 0 unspecified atom stereocenters. The summed E-state index contributed by atoms with van der Waals surface area (Å²) in [6, 6.07) is 8.85. The number of nitrogens with zero attached hydrogens (tertiary/aromatic N) is 1. The van der Waals surface area contributed by atoms with Gasteiger partial charge in [0.2, 0.25) is 0 Å². The van der Waals surface area contributed by atoms with Crippen LogP contribution in [-0.4, -0.2) is 18.5 Å². The number of benzene rings is 1. The topological polar surface area (TPSA) is 21.6 Å². The monoisotopic (exact) mass is 329 g/mol. The molecule has 1 heterocycles. The summed E-state index contributed by atoms with van der Waals surface area (Å²) < 4.78 is 6.87. The molecule has 0 saturated carbocycles. The Morgan fingerprint density at radius 1 is 1.38 bits per heavy atom. The van der Waals surface area contributed by atoms with Crippen molar-refractivity contribution in [3.8, 4) is 0 Å². The summed E-state index contributed by atoms with van der Waals surface area (Å²) in [7, 11) is 0. The molecule has 1 aliphatic rings. The van der Waals surface area contributed by atoms with Crippen LogP contribution in [0.15, 0.2) is 29.3 Å². The molecule has 2 nitrogen and oxygen atoms in total. The van der Waals surface area contributed by atoms with Crippen molar-refractivity contribution >= 4 is 28.5 Å². The molecule has 0 aliphatic carbocycles. The maximum atomic E-state index is 5.61. The highest BCUT2D eigenvalue weighted by atomic mass is 127. The van der Waals surface area contributed by atoms with Gasteiger partial charge in [-0.25, -0.2) is 4.99 Å². The smallest absolute Gasteiger partial charge is 0.188 e. The summed E-state index contributed by atoms with van der Waals surface area (Å²) in [6.07, 6.45) is 0.820. The summed E-state index contributed by atoms with van der Waals surface area (Å²) in [4.78, 5) is 4.60. The second-order valence-corrected chi connectivity index (χ2v) is 5.69. The van der Waals surface area contributed by atoms with Gasteiger partial charge in [-0.3, -0.25) is 0 Å². The third-order valence-corrected chi connectivity index (χ3v) is 3.49. The van der Waals surface area contributed by atoms with E-state index in [-0.39, 0.29) is 0 Å². The predicted octanol–water partition coefficient (Wildman–Crippen LogP) is 3.29. The van der Waals surface area contributed by atoms with E-state index in [0.717, 1.165) is 18.9 Å². The van der Waals surface area contributed by atoms with E-state index in [1.807, 2.05) is 0 Å². The molecule has 3 heteroatoms. The lowest BCUT2D eigenvalue weighted by Gasteiger charge is -2.06. The van der Waals surface area contributed by atoms with Crippen molar-refractivity contribution in [2.24, 2.45) is 10.9 Å². The van der Waals surface area contributed by atoms with Crippen molar-refractivity contribution in [2.75, 3.05) is 6.61 Å². The van der Waals surface area contributed by atoms with Crippen molar-refractivity contribution in [3.05, 3.63) is 33.4 Å². The van der Waals surface area contributed by atoms with Crippen molar-refractivity contribution in [3.63, 3.8) is 0 Å². The number of hydrogen-bond acceptors (Lipinski definition) is 2. The van der Waals surface area contributed by atoms with E-state index >= 15 is 0 Å². The van der Waals surface area contributed by atoms with Gasteiger partial charge >= 0.3 is 0 Å². The van der Waals surface area contributed by atoms with Crippen LogP contribution in [0.25, 0.3) is 0 Å². The molecule has 0 bridgehead atoms. The Labute approximate surface area is 110 Å². The second-order valence-electron chi connectivity index (χ2n) is 4.45. The maximum absolute atomic E-state index is 5.61. The van der Waals surface area contributed by atoms with Gasteiger partial charge in [-0.1, -0.05) is 26.0 Å². The quantitative estimate of drug-likeness (QED) is 0.780. The fourth-order valence-corrected chi connectivity index (χ4v) is 2.02. The van der Waals surface area contributed by atoms with Crippen LogP contribution < -0.4 is 0 Å². The van der Waals surface area contributed by atoms with E-state index in [2.05, 4.69) is 65.7 Å². The van der Waals surface area contributed by atoms with Gasteiger partial charge < -0.3 is 4.74 Å². The summed E-state index contributed by atoms with van der Waals surface area (Å²) in [5.74, 6) is 1.45. The zero-order valence-electron chi connectivity index (χ0n) is 9.61. The molecule has 86 valence electrons. The first-order chi connectivity index (χ1) is 7.65. The number of hydrogen-bond donors (Lipinski definition) is 0. The van der Waals surface area contributed by atoms with Crippen LogP contribution in [-0.2, 0) is 11.2 Å². The van der Waals surface area contributed by atoms with Gasteiger partial charge in [-0.2, -0.15) is 0 Å². The standard InChI is InChI=1S/C13H16INO/c1-9(2)12-8-16-13(15-12)7-10-3-5-11(14)6-4-10/h3-6,9,12H,7-8H2,1-2H3/t12-/m1/s1. The number of halogens is 1. The second kappa shape index (κ2) is 5.17. The molecule has 0 fully saturated rings. The Morgan fingerprint density at radius 2 is 2.06 bits per heavy atom. The zero-order chi connectivity index (χ0) is 11.5. The highest BCUT2D eigenvalue weighted by molar-refractivity contribution is 14.1. The first-order valence-corrected chi connectivity index (χ1v) is 6.67. The molecule has 1 aromatic rings. The Balaban J connectivity index is 2.01. The third-order valence-electron chi connectivity index (χ3n) is 2.77. The Morgan fingerprint density at radius 3 is 2.62 bits per heavy atom. The van der Waals surface area contributed by atoms with Crippen LogP contribution in [0.2, 0.25) is 0 Å². The molecule has 2 rings (SSSR count). The summed E-state index contributed by atoms with van der Waals surface area (Å²) in [6.45, 7) is 5.12. The molecule has 16 heavy (non-hydrogen) atoms. The Hall–Kier alpha value is -0.580. The van der Waals surface area contributed by atoms with Gasteiger partial charge in [0, 0.05) is 9.99 Å². The largest absolute Gasteiger partial charge is 0.478 e. The van der Waals surface area contributed by atoms with Gasteiger partial charge in [-0.15, -0.1) is 0 Å². The predicted molar refractivity (Wildman–Crippen MR) is 74.9 cm³/mol. The van der Waals surface area contributed by atoms with Gasteiger partial charge in [0.15, 0.2) is 5.90 Å². The molecule has 0 saturated heterocycles. The van der Waals surface area contributed by atoms with Crippen LogP contribution in [0, 0.1) is 9.49 Å². The van der Waals surface area contributed by atoms with Gasteiger partial charge in [0.05, 0.1) is 6.04 Å². The summed E-state index contributed by atoms with van der Waals surface area (Å²) >= 11 is 2.31. The van der Waals surface area contributed by atoms with Crippen LogP contribution in [0.4, 0.5) is 0 Å². The van der Waals surface area contributed by atoms with Gasteiger partial charge in [0.1, 0.15) is 6.61 Å². The summed E-state index contributed by atoms with van der Waals surface area (Å²) in [5.41, 5.74) is 1.27. The number of ether oxygens (including phenoxy) is 1. The van der Waals surface area contributed by atoms with Crippen LogP contribution in [0.5, 0.6) is 0 Å². The van der Waals surface area contributed by atoms with Gasteiger partial charge in [-0.05, 0) is 46.2 Å². The van der Waals surface area contributed by atoms with Crippen LogP contribution >= 0.6 is 22.6 Å². The highest BCUT2D eigenvalue weighted by Gasteiger charge is 2.21. The Bertz CT molecular complexity index is 383. The minimum Gasteiger partial charge on any atom is -0.478 e. The molecule has 1 atom stereocenters. The molecular formula is C13H16INO. The SMILES string of the molecule is CC(C)[C@H]1COC(Cc2ccc(I)cc2)=N1. The zero-order valence-corrected chi connectivity index (χ0v) is 11.8. The molecule has 1 aliphatic heterocycles. The van der Waals surface area contributed by atoms with E-state index in [1.54, 1.807) is 0 Å². The van der Waals surface area contributed by atoms with Crippen LogP contribution in [0.1, 0.15) is 19.4 Å². The van der Waals surface area contributed by atoms with Crippen molar-refractivity contribution in [1.29, 1.82) is 0 Å². The van der Waals surface area contributed by atoms with Crippen molar-refractivity contribution < 1.29 is 4.74 Å². The molecule has 1 aromatic carbocycles.